The molecule has 8 heteroatoms. The minimum Gasteiger partial charge on any atom is -0.478 e. The number of aliphatic carboxylic acids is 1. The lowest BCUT2D eigenvalue weighted by Gasteiger charge is -2.23. The second-order valence-corrected chi connectivity index (χ2v) is 8.64. The van der Waals surface area contributed by atoms with Gasteiger partial charge in [0.25, 0.3) is 0 Å². The standard InChI is InChI=1S/C22H18Cl2O5S/c1-22(2,21(26)27)29-20-15(23)8-12(9-16(20)24)4-7-17(25)19-10-13-5-6-14(30-3)11-18(13)28-19/h4-11H,1-3H3,(H,26,27)/b7-4+. The van der Waals surface area contributed by atoms with Crippen molar-refractivity contribution in [3.63, 3.8) is 0 Å². The number of carbonyl (C=O) groups excluding carboxylic acids is 1. The molecule has 0 aliphatic rings. The number of hydrogen-bond donors (Lipinski definition) is 1. The van der Waals surface area contributed by atoms with Crippen molar-refractivity contribution >= 4 is 63.8 Å². The van der Waals surface area contributed by atoms with E-state index in [2.05, 4.69) is 0 Å². The normalized spacial score (nSPS) is 11.9. The van der Waals surface area contributed by atoms with E-state index in [0.717, 1.165) is 10.3 Å². The third-order valence-electron chi connectivity index (χ3n) is 4.29. The molecule has 0 fully saturated rings. The van der Waals surface area contributed by atoms with Gasteiger partial charge in [-0.2, -0.15) is 0 Å². The first-order valence-electron chi connectivity index (χ1n) is 8.82. The highest BCUT2D eigenvalue weighted by Crippen LogP contribution is 2.37. The van der Waals surface area contributed by atoms with Crippen molar-refractivity contribution in [3.8, 4) is 5.75 Å². The van der Waals surface area contributed by atoms with Crippen molar-refractivity contribution in [2.45, 2.75) is 24.3 Å². The lowest BCUT2D eigenvalue weighted by atomic mass is 10.1. The molecular formula is C22H18Cl2O5S. The third-order valence-corrected chi connectivity index (χ3v) is 5.58. The van der Waals surface area contributed by atoms with Crippen LogP contribution >= 0.6 is 35.0 Å². The molecule has 2 aromatic carbocycles. The summed E-state index contributed by atoms with van der Waals surface area (Å²) in [4.78, 5) is 24.8. The first kappa shape index (κ1) is 22.3. The zero-order valence-electron chi connectivity index (χ0n) is 16.4. The number of allylic oxidation sites excluding steroid dienone is 1. The zero-order valence-corrected chi connectivity index (χ0v) is 18.7. The van der Waals surface area contributed by atoms with Gasteiger partial charge in [-0.1, -0.05) is 29.3 Å². The lowest BCUT2D eigenvalue weighted by Crippen LogP contribution is -2.38. The zero-order chi connectivity index (χ0) is 22.1. The Kier molecular flexibility index (Phi) is 6.50. The minimum atomic E-state index is -1.50. The number of carboxylic acid groups (broad SMARTS) is 1. The fourth-order valence-corrected chi connectivity index (χ4v) is 3.60. The molecule has 3 aromatic rings. The van der Waals surface area contributed by atoms with Gasteiger partial charge in [0.1, 0.15) is 5.58 Å². The largest absolute Gasteiger partial charge is 0.478 e. The van der Waals surface area contributed by atoms with E-state index in [1.54, 1.807) is 23.9 Å². The Bertz CT molecular complexity index is 1140. The fourth-order valence-electron chi connectivity index (χ4n) is 2.59. The van der Waals surface area contributed by atoms with Gasteiger partial charge in [0.15, 0.2) is 17.1 Å². The number of carboxylic acids is 1. The second kappa shape index (κ2) is 8.76. The fraction of sp³-hybridized carbons (Fsp3) is 0.182. The van der Waals surface area contributed by atoms with Crippen LogP contribution in [0, 0.1) is 0 Å². The summed E-state index contributed by atoms with van der Waals surface area (Å²) in [6.07, 6.45) is 4.87. The SMILES string of the molecule is CSc1ccc2cc(C(=O)/C=C/c3cc(Cl)c(OC(C)(C)C(=O)O)c(Cl)c3)oc2c1. The molecule has 3 rings (SSSR count). The quantitative estimate of drug-likeness (QED) is 0.241. The Morgan fingerprint density at radius 2 is 1.80 bits per heavy atom. The number of halogens is 2. The Morgan fingerprint density at radius 3 is 2.40 bits per heavy atom. The number of carbonyl (C=O) groups is 2. The number of fused-ring (bicyclic) bond motifs is 1. The topological polar surface area (TPSA) is 76.7 Å². The first-order valence-corrected chi connectivity index (χ1v) is 10.8. The number of benzene rings is 2. The van der Waals surface area contributed by atoms with Gasteiger partial charge in [0.05, 0.1) is 10.0 Å². The van der Waals surface area contributed by atoms with Crippen molar-refractivity contribution in [1.82, 2.24) is 0 Å². The maximum absolute atomic E-state index is 12.5. The molecule has 0 unspecified atom stereocenters. The van der Waals surface area contributed by atoms with E-state index in [4.69, 9.17) is 32.4 Å². The molecule has 156 valence electrons. The number of ketones is 1. The lowest BCUT2D eigenvalue weighted by molar-refractivity contribution is -0.152. The van der Waals surface area contributed by atoms with Crippen molar-refractivity contribution in [3.05, 3.63) is 63.8 Å². The van der Waals surface area contributed by atoms with Crippen LogP contribution in [-0.4, -0.2) is 28.7 Å². The van der Waals surface area contributed by atoms with Gasteiger partial charge in [0.2, 0.25) is 5.78 Å². The summed E-state index contributed by atoms with van der Waals surface area (Å²) in [6, 6.07) is 10.5. The number of hydrogen-bond acceptors (Lipinski definition) is 5. The van der Waals surface area contributed by atoms with Crippen LogP contribution in [0.3, 0.4) is 0 Å². The summed E-state index contributed by atoms with van der Waals surface area (Å²) >= 11 is 14.0. The van der Waals surface area contributed by atoms with E-state index in [9.17, 15) is 14.7 Å². The number of furan rings is 1. The van der Waals surface area contributed by atoms with E-state index >= 15 is 0 Å². The predicted molar refractivity (Wildman–Crippen MR) is 120 cm³/mol. The molecule has 30 heavy (non-hydrogen) atoms. The van der Waals surface area contributed by atoms with Gasteiger partial charge in [-0.25, -0.2) is 4.79 Å². The van der Waals surface area contributed by atoms with Crippen LogP contribution in [0.25, 0.3) is 17.0 Å². The third kappa shape index (κ3) is 4.83. The van der Waals surface area contributed by atoms with E-state index in [1.165, 1.54) is 32.1 Å². The Hall–Kier alpha value is -2.41. The highest BCUT2D eigenvalue weighted by atomic mass is 35.5. The van der Waals surface area contributed by atoms with Crippen LogP contribution in [0.15, 0.2) is 51.8 Å². The van der Waals surface area contributed by atoms with Crippen LogP contribution in [0.2, 0.25) is 10.0 Å². The van der Waals surface area contributed by atoms with Gasteiger partial charge in [-0.05, 0) is 68.1 Å². The monoisotopic (exact) mass is 464 g/mol. The van der Waals surface area contributed by atoms with Crippen LogP contribution < -0.4 is 4.74 Å². The Labute approximate surface area is 187 Å². The molecule has 0 atom stereocenters. The molecule has 0 amide bonds. The van der Waals surface area contributed by atoms with E-state index < -0.39 is 11.6 Å². The number of thioether (sulfide) groups is 1. The molecule has 1 N–H and O–H groups in total. The summed E-state index contributed by atoms with van der Waals surface area (Å²) < 4.78 is 11.1. The summed E-state index contributed by atoms with van der Waals surface area (Å²) in [6.45, 7) is 2.79. The van der Waals surface area contributed by atoms with Crippen LogP contribution in [0.4, 0.5) is 0 Å². The molecular weight excluding hydrogens is 447 g/mol. The van der Waals surface area contributed by atoms with E-state index in [0.29, 0.717) is 11.1 Å². The summed E-state index contributed by atoms with van der Waals surface area (Å²) in [5.74, 6) is -1.17. The highest BCUT2D eigenvalue weighted by Gasteiger charge is 2.31. The van der Waals surface area contributed by atoms with Crippen LogP contribution in [0.1, 0.15) is 30.0 Å². The minimum absolute atomic E-state index is 0.0658. The predicted octanol–water partition coefficient (Wildman–Crippen LogP) is 6.60. The van der Waals surface area contributed by atoms with Gasteiger partial charge in [-0.3, -0.25) is 4.79 Å². The van der Waals surface area contributed by atoms with E-state index in [1.807, 2.05) is 24.5 Å². The molecule has 0 bridgehead atoms. The molecule has 0 spiro atoms. The average molecular weight is 465 g/mol. The molecule has 0 radical (unpaired) electrons. The molecule has 0 saturated carbocycles. The second-order valence-electron chi connectivity index (χ2n) is 6.94. The van der Waals surface area contributed by atoms with Gasteiger partial charge in [0, 0.05) is 10.3 Å². The first-order chi connectivity index (χ1) is 14.1. The van der Waals surface area contributed by atoms with Crippen molar-refractivity contribution in [2.75, 3.05) is 6.26 Å². The highest BCUT2D eigenvalue weighted by molar-refractivity contribution is 7.98. The van der Waals surface area contributed by atoms with Crippen molar-refractivity contribution < 1.29 is 23.8 Å². The van der Waals surface area contributed by atoms with Gasteiger partial charge >= 0.3 is 5.97 Å². The summed E-state index contributed by atoms with van der Waals surface area (Å²) in [7, 11) is 0. The summed E-state index contributed by atoms with van der Waals surface area (Å²) in [5, 5.41) is 10.3. The van der Waals surface area contributed by atoms with Crippen molar-refractivity contribution in [2.24, 2.45) is 0 Å². The molecule has 0 saturated heterocycles. The maximum Gasteiger partial charge on any atom is 0.347 e. The smallest absolute Gasteiger partial charge is 0.347 e. The van der Waals surface area contributed by atoms with Gasteiger partial charge < -0.3 is 14.3 Å². The Morgan fingerprint density at radius 1 is 1.13 bits per heavy atom. The maximum atomic E-state index is 12.5. The van der Waals surface area contributed by atoms with Crippen molar-refractivity contribution in [1.29, 1.82) is 0 Å². The number of rotatable bonds is 7. The molecule has 5 nitrogen and oxygen atoms in total. The average Bonchev–Trinajstić information content (AvgIpc) is 3.12. The van der Waals surface area contributed by atoms with Crippen LogP contribution in [-0.2, 0) is 4.79 Å². The molecule has 1 heterocycles. The number of ether oxygens (including phenoxy) is 1. The summed E-state index contributed by atoms with van der Waals surface area (Å²) in [5.41, 5.74) is -0.301. The van der Waals surface area contributed by atoms with Gasteiger partial charge in [-0.15, -0.1) is 11.8 Å². The van der Waals surface area contributed by atoms with Crippen LogP contribution in [0.5, 0.6) is 5.75 Å². The Balaban J connectivity index is 1.82. The molecule has 1 aromatic heterocycles. The van der Waals surface area contributed by atoms with E-state index in [-0.39, 0.29) is 27.3 Å². The molecule has 0 aliphatic heterocycles. The molecule has 0 aliphatic carbocycles.